The van der Waals surface area contributed by atoms with Gasteiger partial charge in [0.05, 0.1) is 6.61 Å². The molecule has 3 rings (SSSR count). The van der Waals surface area contributed by atoms with Crippen molar-refractivity contribution in [3.05, 3.63) is 35.4 Å². The van der Waals surface area contributed by atoms with Crippen LogP contribution in [0.2, 0.25) is 0 Å². The van der Waals surface area contributed by atoms with E-state index in [4.69, 9.17) is 0 Å². The highest BCUT2D eigenvalue weighted by molar-refractivity contribution is 6.00. The molecular weight excluding hydrogens is 256 g/mol. The maximum atomic E-state index is 12.2. The first-order valence-corrected chi connectivity index (χ1v) is 6.78. The van der Waals surface area contributed by atoms with Gasteiger partial charge >= 0.3 is 0 Å². The van der Waals surface area contributed by atoms with Crippen LogP contribution >= 0.6 is 0 Å². The first-order valence-electron chi connectivity index (χ1n) is 6.78. The fourth-order valence-electron chi connectivity index (χ4n) is 2.86. The standard InChI is InChI=1S/C15H18N2O3/c1-15(10-18)8-17(9-15)13(19)7-16-6-11-4-2-3-5-12(11)14(16)20/h2-5,18H,6-10H2,1H3. The monoisotopic (exact) mass is 274 g/mol. The zero-order valence-corrected chi connectivity index (χ0v) is 11.5. The molecule has 1 aromatic rings. The van der Waals surface area contributed by atoms with Crippen LogP contribution in [0, 0.1) is 5.41 Å². The van der Waals surface area contributed by atoms with Crippen molar-refractivity contribution in [2.24, 2.45) is 5.41 Å². The zero-order valence-electron chi connectivity index (χ0n) is 11.5. The van der Waals surface area contributed by atoms with E-state index in [1.807, 2.05) is 25.1 Å². The molecule has 2 heterocycles. The minimum atomic E-state index is -0.173. The molecule has 1 saturated heterocycles. The number of carbonyl (C=O) groups is 2. The van der Waals surface area contributed by atoms with E-state index in [1.54, 1.807) is 15.9 Å². The van der Waals surface area contributed by atoms with Crippen LogP contribution in [-0.4, -0.2) is 53.0 Å². The average molecular weight is 274 g/mol. The van der Waals surface area contributed by atoms with Crippen molar-refractivity contribution in [2.75, 3.05) is 26.2 Å². The van der Waals surface area contributed by atoms with Crippen LogP contribution in [0.5, 0.6) is 0 Å². The van der Waals surface area contributed by atoms with Crippen molar-refractivity contribution in [3.63, 3.8) is 0 Å². The number of aliphatic hydroxyl groups is 1. The van der Waals surface area contributed by atoms with Gasteiger partial charge < -0.3 is 14.9 Å². The fourth-order valence-corrected chi connectivity index (χ4v) is 2.86. The van der Waals surface area contributed by atoms with Crippen molar-refractivity contribution in [2.45, 2.75) is 13.5 Å². The van der Waals surface area contributed by atoms with E-state index in [2.05, 4.69) is 0 Å². The molecule has 0 unspecified atom stereocenters. The first kappa shape index (κ1) is 13.1. The highest BCUT2D eigenvalue weighted by Crippen LogP contribution is 2.29. The van der Waals surface area contributed by atoms with Gasteiger partial charge in [0.15, 0.2) is 0 Å². The Morgan fingerprint density at radius 2 is 2.05 bits per heavy atom. The Balaban J connectivity index is 1.61. The van der Waals surface area contributed by atoms with Crippen LogP contribution in [0.3, 0.4) is 0 Å². The molecule has 0 aliphatic carbocycles. The lowest BCUT2D eigenvalue weighted by atomic mass is 9.83. The normalized spacial score (nSPS) is 19.8. The quantitative estimate of drug-likeness (QED) is 0.872. The molecule has 0 radical (unpaired) electrons. The summed E-state index contributed by atoms with van der Waals surface area (Å²) >= 11 is 0. The van der Waals surface area contributed by atoms with Crippen molar-refractivity contribution in [3.8, 4) is 0 Å². The van der Waals surface area contributed by atoms with Gasteiger partial charge in [0, 0.05) is 30.6 Å². The number of carbonyl (C=O) groups excluding carboxylic acids is 2. The third-order valence-corrected chi connectivity index (χ3v) is 4.10. The molecule has 2 amide bonds. The maximum absolute atomic E-state index is 12.2. The van der Waals surface area contributed by atoms with Crippen LogP contribution in [0.15, 0.2) is 24.3 Å². The van der Waals surface area contributed by atoms with Gasteiger partial charge in [-0.15, -0.1) is 0 Å². The molecule has 0 saturated carbocycles. The number of rotatable bonds is 3. The molecule has 106 valence electrons. The van der Waals surface area contributed by atoms with Crippen molar-refractivity contribution >= 4 is 11.8 Å². The Kier molecular flexibility index (Phi) is 3.01. The molecule has 0 bridgehead atoms. The van der Waals surface area contributed by atoms with Gasteiger partial charge in [-0.05, 0) is 11.6 Å². The van der Waals surface area contributed by atoms with Crippen LogP contribution in [0.25, 0.3) is 0 Å². The van der Waals surface area contributed by atoms with Crippen LogP contribution in [0.4, 0.5) is 0 Å². The number of fused-ring (bicyclic) bond motifs is 1. The second kappa shape index (κ2) is 4.59. The summed E-state index contributed by atoms with van der Waals surface area (Å²) < 4.78 is 0. The summed E-state index contributed by atoms with van der Waals surface area (Å²) in [6, 6.07) is 7.46. The molecule has 0 aromatic heterocycles. The van der Waals surface area contributed by atoms with Gasteiger partial charge in [0.1, 0.15) is 6.54 Å². The molecule has 1 fully saturated rings. The summed E-state index contributed by atoms with van der Waals surface area (Å²) in [5.41, 5.74) is 1.51. The minimum Gasteiger partial charge on any atom is -0.396 e. The number of nitrogens with zero attached hydrogens (tertiary/aromatic N) is 2. The number of likely N-dealkylation sites (tertiary alicyclic amines) is 1. The molecule has 0 atom stereocenters. The number of aliphatic hydroxyl groups excluding tert-OH is 1. The van der Waals surface area contributed by atoms with E-state index in [9.17, 15) is 14.7 Å². The Bertz CT molecular complexity index is 564. The topological polar surface area (TPSA) is 60.9 Å². The Morgan fingerprint density at radius 1 is 1.35 bits per heavy atom. The molecule has 5 heteroatoms. The average Bonchev–Trinajstić information content (AvgIpc) is 2.72. The summed E-state index contributed by atoms with van der Waals surface area (Å²) in [4.78, 5) is 27.6. The van der Waals surface area contributed by atoms with Gasteiger partial charge in [-0.3, -0.25) is 9.59 Å². The van der Waals surface area contributed by atoms with E-state index < -0.39 is 0 Å². The molecule has 5 nitrogen and oxygen atoms in total. The summed E-state index contributed by atoms with van der Waals surface area (Å²) in [6.45, 7) is 3.80. The SMILES string of the molecule is CC1(CO)CN(C(=O)CN2Cc3ccccc3C2=O)C1. The Labute approximate surface area is 117 Å². The molecule has 20 heavy (non-hydrogen) atoms. The molecule has 1 aromatic carbocycles. The number of amides is 2. The van der Waals surface area contributed by atoms with Gasteiger partial charge in [0.25, 0.3) is 5.91 Å². The molecule has 0 spiro atoms. The van der Waals surface area contributed by atoms with Crippen LogP contribution in [-0.2, 0) is 11.3 Å². The van der Waals surface area contributed by atoms with Crippen molar-refractivity contribution in [1.29, 1.82) is 0 Å². The van der Waals surface area contributed by atoms with Crippen LogP contribution < -0.4 is 0 Å². The lowest BCUT2D eigenvalue weighted by Crippen LogP contribution is -2.60. The summed E-state index contributed by atoms with van der Waals surface area (Å²) in [7, 11) is 0. The predicted molar refractivity (Wildman–Crippen MR) is 73.0 cm³/mol. The molecular formula is C15H18N2O3. The molecule has 2 aliphatic rings. The van der Waals surface area contributed by atoms with Gasteiger partial charge in [-0.2, -0.15) is 0 Å². The molecule has 1 N–H and O–H groups in total. The van der Waals surface area contributed by atoms with Crippen LogP contribution in [0.1, 0.15) is 22.8 Å². The third kappa shape index (κ3) is 2.08. The summed E-state index contributed by atoms with van der Waals surface area (Å²) in [5.74, 6) is -0.114. The van der Waals surface area contributed by atoms with Crippen molar-refractivity contribution < 1.29 is 14.7 Å². The van der Waals surface area contributed by atoms with E-state index in [0.717, 1.165) is 5.56 Å². The zero-order chi connectivity index (χ0) is 14.3. The summed E-state index contributed by atoms with van der Waals surface area (Å²) in [5, 5.41) is 9.19. The third-order valence-electron chi connectivity index (χ3n) is 4.10. The van der Waals surface area contributed by atoms with Gasteiger partial charge in [-0.1, -0.05) is 25.1 Å². The fraction of sp³-hybridized carbons (Fsp3) is 0.467. The second-order valence-corrected chi connectivity index (χ2v) is 6.04. The lowest BCUT2D eigenvalue weighted by molar-refractivity contribution is -0.145. The Hall–Kier alpha value is -1.88. The second-order valence-electron chi connectivity index (χ2n) is 6.04. The largest absolute Gasteiger partial charge is 0.396 e. The molecule has 2 aliphatic heterocycles. The van der Waals surface area contributed by atoms with E-state index in [1.165, 1.54) is 0 Å². The van der Waals surface area contributed by atoms with E-state index in [-0.39, 0.29) is 30.4 Å². The highest BCUT2D eigenvalue weighted by Gasteiger charge is 2.41. The number of benzene rings is 1. The smallest absolute Gasteiger partial charge is 0.254 e. The van der Waals surface area contributed by atoms with E-state index >= 15 is 0 Å². The van der Waals surface area contributed by atoms with Gasteiger partial charge in [0.2, 0.25) is 5.91 Å². The lowest BCUT2D eigenvalue weighted by Gasteiger charge is -2.47. The van der Waals surface area contributed by atoms with Gasteiger partial charge in [-0.25, -0.2) is 0 Å². The maximum Gasteiger partial charge on any atom is 0.254 e. The van der Waals surface area contributed by atoms with E-state index in [0.29, 0.717) is 25.2 Å². The number of hydrogen-bond acceptors (Lipinski definition) is 3. The highest BCUT2D eigenvalue weighted by atomic mass is 16.3. The number of hydrogen-bond donors (Lipinski definition) is 1. The summed E-state index contributed by atoms with van der Waals surface area (Å²) in [6.07, 6.45) is 0. The first-order chi connectivity index (χ1) is 9.52. The predicted octanol–water partition coefficient (Wildman–Crippen LogP) is 0.483. The van der Waals surface area contributed by atoms with Crippen molar-refractivity contribution in [1.82, 2.24) is 9.80 Å². The minimum absolute atomic E-state index is 0.0444. The Morgan fingerprint density at radius 3 is 2.70 bits per heavy atom.